The Bertz CT molecular complexity index is 664. The molecule has 0 atom stereocenters. The minimum absolute atomic E-state index is 0.139. The second kappa shape index (κ2) is 5.11. The molecule has 2 aromatic heterocycles. The second-order valence-corrected chi connectivity index (χ2v) is 4.93. The van der Waals surface area contributed by atoms with Crippen molar-refractivity contribution >= 4 is 23.0 Å². The Kier molecular flexibility index (Phi) is 3.16. The van der Waals surface area contributed by atoms with Crippen molar-refractivity contribution in [3.63, 3.8) is 0 Å². The third-order valence-corrected chi connectivity index (χ3v) is 3.39. The van der Waals surface area contributed by atoms with Crippen LogP contribution in [-0.2, 0) is 6.42 Å². The predicted molar refractivity (Wildman–Crippen MR) is 72.8 cm³/mol. The summed E-state index contributed by atoms with van der Waals surface area (Å²) in [5, 5.41) is 22.4. The van der Waals surface area contributed by atoms with Crippen LogP contribution in [0.15, 0.2) is 46.2 Å². The number of anilines is 2. The highest BCUT2D eigenvalue weighted by atomic mass is 32.1. The van der Waals surface area contributed by atoms with E-state index in [2.05, 4.69) is 15.5 Å². The van der Waals surface area contributed by atoms with Crippen LogP contribution in [0.2, 0.25) is 0 Å². The van der Waals surface area contributed by atoms with Crippen molar-refractivity contribution in [2.24, 2.45) is 0 Å². The van der Waals surface area contributed by atoms with E-state index in [4.69, 9.17) is 4.42 Å². The van der Waals surface area contributed by atoms with Crippen LogP contribution in [0.3, 0.4) is 0 Å². The van der Waals surface area contributed by atoms with E-state index < -0.39 is 0 Å². The molecule has 2 N–H and O–H groups in total. The van der Waals surface area contributed by atoms with Gasteiger partial charge in [0.25, 0.3) is 0 Å². The number of nitrogens with one attached hydrogen (secondary N) is 1. The largest absolute Gasteiger partial charge is 0.506 e. The lowest BCUT2D eigenvalue weighted by Gasteiger charge is -2.02. The van der Waals surface area contributed by atoms with Gasteiger partial charge in [-0.05, 0) is 23.6 Å². The molecule has 3 rings (SSSR count). The molecule has 0 aliphatic rings. The number of hydrogen-bond acceptors (Lipinski definition) is 6. The maximum Gasteiger partial charge on any atom is 0.320 e. The van der Waals surface area contributed by atoms with Crippen LogP contribution in [0.4, 0.5) is 11.7 Å². The zero-order chi connectivity index (χ0) is 13.1. The maximum absolute atomic E-state index is 9.64. The van der Waals surface area contributed by atoms with E-state index in [0.717, 1.165) is 4.88 Å². The molecule has 19 heavy (non-hydrogen) atoms. The molecule has 0 aliphatic carbocycles. The molecule has 3 aromatic rings. The number of nitrogens with zero attached hydrogens (tertiary/aromatic N) is 2. The SMILES string of the molecule is Oc1ccccc1Nc1nnc(Cc2cccs2)o1. The van der Waals surface area contributed by atoms with Gasteiger partial charge in [0.2, 0.25) is 5.89 Å². The molecule has 0 unspecified atom stereocenters. The molecule has 0 amide bonds. The number of aromatic nitrogens is 2. The summed E-state index contributed by atoms with van der Waals surface area (Å²) in [6.45, 7) is 0. The number of para-hydroxylation sites is 2. The number of phenols is 1. The third-order valence-electron chi connectivity index (χ3n) is 2.52. The van der Waals surface area contributed by atoms with Gasteiger partial charge in [0.15, 0.2) is 0 Å². The summed E-state index contributed by atoms with van der Waals surface area (Å²) in [6, 6.07) is 11.2. The van der Waals surface area contributed by atoms with Gasteiger partial charge in [0.05, 0.1) is 12.1 Å². The van der Waals surface area contributed by atoms with E-state index in [-0.39, 0.29) is 11.8 Å². The quantitative estimate of drug-likeness (QED) is 0.714. The maximum atomic E-state index is 9.64. The predicted octanol–water partition coefficient (Wildman–Crippen LogP) is 3.17. The molecule has 0 saturated carbocycles. The lowest BCUT2D eigenvalue weighted by Crippen LogP contribution is -1.90. The van der Waals surface area contributed by atoms with Gasteiger partial charge < -0.3 is 14.8 Å². The fourth-order valence-electron chi connectivity index (χ4n) is 1.63. The topological polar surface area (TPSA) is 71.2 Å². The van der Waals surface area contributed by atoms with Gasteiger partial charge in [-0.3, -0.25) is 0 Å². The first-order valence-corrected chi connectivity index (χ1v) is 6.59. The molecule has 0 spiro atoms. The van der Waals surface area contributed by atoms with Crippen LogP contribution in [0.1, 0.15) is 10.8 Å². The fraction of sp³-hybridized carbons (Fsp3) is 0.0769. The molecule has 96 valence electrons. The monoisotopic (exact) mass is 273 g/mol. The Hall–Kier alpha value is -2.34. The van der Waals surface area contributed by atoms with Crippen LogP contribution >= 0.6 is 11.3 Å². The first-order valence-electron chi connectivity index (χ1n) is 5.71. The van der Waals surface area contributed by atoms with Gasteiger partial charge in [-0.25, -0.2) is 0 Å². The first-order chi connectivity index (χ1) is 9.31. The van der Waals surface area contributed by atoms with Crippen molar-refractivity contribution < 1.29 is 9.52 Å². The smallest absolute Gasteiger partial charge is 0.320 e. The number of phenolic OH excluding ortho intramolecular Hbond substituents is 1. The summed E-state index contributed by atoms with van der Waals surface area (Å²) in [4.78, 5) is 1.16. The molecule has 0 aliphatic heterocycles. The van der Waals surface area contributed by atoms with Crippen molar-refractivity contribution in [2.45, 2.75) is 6.42 Å². The summed E-state index contributed by atoms with van der Waals surface area (Å²) in [7, 11) is 0. The van der Waals surface area contributed by atoms with Crippen LogP contribution in [-0.4, -0.2) is 15.3 Å². The molecular weight excluding hydrogens is 262 g/mol. The van der Waals surface area contributed by atoms with Crippen molar-refractivity contribution in [1.82, 2.24) is 10.2 Å². The molecule has 0 bridgehead atoms. The summed E-state index contributed by atoms with van der Waals surface area (Å²) in [5.74, 6) is 0.681. The van der Waals surface area contributed by atoms with Crippen LogP contribution in [0.5, 0.6) is 5.75 Å². The summed E-state index contributed by atoms with van der Waals surface area (Å²) < 4.78 is 5.48. The summed E-state index contributed by atoms with van der Waals surface area (Å²) in [5.41, 5.74) is 0.536. The van der Waals surface area contributed by atoms with Crippen LogP contribution in [0, 0.1) is 0 Å². The van der Waals surface area contributed by atoms with E-state index in [1.165, 1.54) is 0 Å². The van der Waals surface area contributed by atoms with Crippen molar-refractivity contribution in [3.8, 4) is 5.75 Å². The fourth-order valence-corrected chi connectivity index (χ4v) is 2.33. The number of thiophene rings is 1. The van der Waals surface area contributed by atoms with Gasteiger partial charge in [0, 0.05) is 4.88 Å². The highest BCUT2D eigenvalue weighted by molar-refractivity contribution is 7.09. The highest BCUT2D eigenvalue weighted by Crippen LogP contribution is 2.25. The second-order valence-electron chi connectivity index (χ2n) is 3.90. The van der Waals surface area contributed by atoms with E-state index >= 15 is 0 Å². The van der Waals surface area contributed by atoms with Gasteiger partial charge in [-0.15, -0.1) is 16.4 Å². The molecule has 5 nitrogen and oxygen atoms in total. The van der Waals surface area contributed by atoms with Crippen LogP contribution in [0.25, 0.3) is 0 Å². The van der Waals surface area contributed by atoms with Crippen molar-refractivity contribution in [2.75, 3.05) is 5.32 Å². The van der Waals surface area contributed by atoms with E-state index in [1.807, 2.05) is 23.6 Å². The van der Waals surface area contributed by atoms with Gasteiger partial charge in [-0.1, -0.05) is 23.3 Å². The third kappa shape index (κ3) is 2.74. The first kappa shape index (κ1) is 11.7. The van der Waals surface area contributed by atoms with E-state index in [9.17, 15) is 5.11 Å². The standard InChI is InChI=1S/C13H11N3O2S/c17-11-6-2-1-5-10(11)14-13-16-15-12(18-13)8-9-4-3-7-19-9/h1-7,17H,8H2,(H,14,16). The molecule has 2 heterocycles. The molecule has 1 aromatic carbocycles. The Labute approximate surface area is 113 Å². The molecule has 0 radical (unpaired) electrons. The lowest BCUT2D eigenvalue weighted by molar-refractivity contribution is 0.476. The number of rotatable bonds is 4. The Balaban J connectivity index is 1.73. The normalized spacial score (nSPS) is 10.5. The van der Waals surface area contributed by atoms with E-state index in [0.29, 0.717) is 18.0 Å². The summed E-state index contributed by atoms with van der Waals surface area (Å²) >= 11 is 1.65. The average molecular weight is 273 g/mol. The number of hydrogen-bond donors (Lipinski definition) is 2. The zero-order valence-corrected chi connectivity index (χ0v) is 10.7. The van der Waals surface area contributed by atoms with Gasteiger partial charge in [-0.2, -0.15) is 0 Å². The molecule has 6 heteroatoms. The van der Waals surface area contributed by atoms with Crippen molar-refractivity contribution in [3.05, 3.63) is 52.5 Å². The van der Waals surface area contributed by atoms with Crippen molar-refractivity contribution in [1.29, 1.82) is 0 Å². The molecule has 0 fully saturated rings. The Morgan fingerprint density at radius 2 is 2.05 bits per heavy atom. The molecule has 0 saturated heterocycles. The average Bonchev–Trinajstić information content (AvgIpc) is 3.05. The Morgan fingerprint density at radius 3 is 2.84 bits per heavy atom. The minimum Gasteiger partial charge on any atom is -0.506 e. The lowest BCUT2D eigenvalue weighted by atomic mass is 10.3. The molecular formula is C13H11N3O2S. The minimum atomic E-state index is 0.139. The Morgan fingerprint density at radius 1 is 1.16 bits per heavy atom. The van der Waals surface area contributed by atoms with E-state index in [1.54, 1.807) is 29.5 Å². The number of benzene rings is 1. The summed E-state index contributed by atoms with van der Waals surface area (Å²) in [6.07, 6.45) is 0.618. The highest BCUT2D eigenvalue weighted by Gasteiger charge is 2.09. The van der Waals surface area contributed by atoms with Gasteiger partial charge in [0.1, 0.15) is 5.75 Å². The zero-order valence-electron chi connectivity index (χ0n) is 9.91. The number of aromatic hydroxyl groups is 1. The van der Waals surface area contributed by atoms with Gasteiger partial charge >= 0.3 is 6.01 Å². The van der Waals surface area contributed by atoms with Crippen LogP contribution < -0.4 is 5.32 Å².